The number of anilines is 1. The molecule has 1 heterocycles. The topological polar surface area (TPSA) is 116 Å². The van der Waals surface area contributed by atoms with Crippen molar-refractivity contribution in [3.8, 4) is 23.3 Å². The van der Waals surface area contributed by atoms with Crippen molar-refractivity contribution in [2.24, 2.45) is 0 Å². The van der Waals surface area contributed by atoms with Crippen LogP contribution in [0.3, 0.4) is 0 Å². The minimum absolute atomic E-state index is 0.0655. The van der Waals surface area contributed by atoms with Gasteiger partial charge in [-0.05, 0) is 54.8 Å². The van der Waals surface area contributed by atoms with Gasteiger partial charge in [0.25, 0.3) is 5.91 Å². The smallest absolute Gasteiger partial charge is 0.268 e. The lowest BCUT2D eigenvalue weighted by molar-refractivity contribution is -0.112. The number of carbonyl (C=O) groups is 1. The van der Waals surface area contributed by atoms with Gasteiger partial charge in [-0.2, -0.15) is 5.26 Å². The molecule has 0 spiro atoms. The number of methoxy groups -OCH3 is 1. The third-order valence-corrected chi connectivity index (χ3v) is 5.88. The predicted octanol–water partition coefficient (Wildman–Crippen LogP) is 4.83. The molecule has 3 aromatic rings. The van der Waals surface area contributed by atoms with Crippen LogP contribution in [0.1, 0.15) is 29.5 Å². The second-order valence-electron chi connectivity index (χ2n) is 7.91. The predicted molar refractivity (Wildman–Crippen MR) is 142 cm³/mol. The van der Waals surface area contributed by atoms with Gasteiger partial charge < -0.3 is 18.9 Å². The van der Waals surface area contributed by atoms with Crippen molar-refractivity contribution in [1.82, 2.24) is 10.2 Å². The lowest BCUT2D eigenvalue weighted by atomic mass is 10.1. The molecule has 0 aliphatic rings. The zero-order valence-corrected chi connectivity index (χ0v) is 22.0. The average molecular weight is 523 g/mol. The lowest BCUT2D eigenvalue weighted by Gasteiger charge is -2.12. The normalized spacial score (nSPS) is 11.0. The van der Waals surface area contributed by atoms with E-state index in [-0.39, 0.29) is 5.57 Å². The van der Waals surface area contributed by atoms with E-state index in [9.17, 15) is 10.1 Å². The number of aromatic nitrogens is 2. The van der Waals surface area contributed by atoms with Gasteiger partial charge in [0.05, 0.1) is 20.3 Å². The monoisotopic (exact) mass is 522 g/mol. The number of benzene rings is 2. The summed E-state index contributed by atoms with van der Waals surface area (Å²) in [5.74, 6) is 1.27. The summed E-state index contributed by atoms with van der Waals surface area (Å²) < 4.78 is 22.4. The molecule has 1 amide bonds. The quantitative estimate of drug-likeness (QED) is 0.182. The van der Waals surface area contributed by atoms with Crippen LogP contribution in [-0.2, 0) is 16.0 Å². The van der Waals surface area contributed by atoms with Gasteiger partial charge in [-0.1, -0.05) is 36.5 Å². The van der Waals surface area contributed by atoms with E-state index in [2.05, 4.69) is 15.5 Å². The van der Waals surface area contributed by atoms with Crippen LogP contribution in [0.25, 0.3) is 6.08 Å². The van der Waals surface area contributed by atoms with Gasteiger partial charge in [0, 0.05) is 6.42 Å². The molecule has 0 aliphatic heterocycles. The van der Waals surface area contributed by atoms with Crippen molar-refractivity contribution in [1.29, 1.82) is 5.26 Å². The Morgan fingerprint density at radius 1 is 1.08 bits per heavy atom. The lowest BCUT2D eigenvalue weighted by Crippen LogP contribution is -2.13. The fourth-order valence-corrected chi connectivity index (χ4v) is 4.06. The fraction of sp³-hybridized carbons (Fsp3) is 0.333. The average Bonchev–Trinajstić information content (AvgIpc) is 3.34. The second-order valence-corrected chi connectivity index (χ2v) is 8.97. The van der Waals surface area contributed by atoms with Gasteiger partial charge >= 0.3 is 0 Å². The van der Waals surface area contributed by atoms with Crippen molar-refractivity contribution >= 4 is 28.5 Å². The Hall–Kier alpha value is -3.94. The van der Waals surface area contributed by atoms with Crippen LogP contribution in [0.2, 0.25) is 0 Å². The molecule has 10 heteroatoms. The molecule has 0 aliphatic carbocycles. The maximum Gasteiger partial charge on any atom is 0.268 e. The molecule has 0 saturated carbocycles. The molecule has 0 unspecified atom stereocenters. The zero-order valence-electron chi connectivity index (χ0n) is 21.2. The Morgan fingerprint density at radius 3 is 2.62 bits per heavy atom. The third kappa shape index (κ3) is 8.90. The first-order chi connectivity index (χ1) is 18.0. The first-order valence-corrected chi connectivity index (χ1v) is 12.7. The summed E-state index contributed by atoms with van der Waals surface area (Å²) in [5, 5.41) is 21.3. The van der Waals surface area contributed by atoms with Gasteiger partial charge in [-0.15, -0.1) is 10.2 Å². The van der Waals surface area contributed by atoms with Crippen LogP contribution in [0.5, 0.6) is 17.2 Å². The third-order valence-electron chi connectivity index (χ3n) is 4.99. The summed E-state index contributed by atoms with van der Waals surface area (Å²) in [5.41, 5.74) is 1.69. The highest BCUT2D eigenvalue weighted by Gasteiger charge is 2.14. The Bertz CT molecular complexity index is 1250. The maximum atomic E-state index is 12.5. The standard InChI is InChI=1S/C27H30N4O5S/c1-4-6-25-30-31-27(37-25)29-26(32)21(18-28)16-20-9-10-23(24(17-20)33-3)36-14-12-34-11-13-35-22-8-5-7-19(2)15-22/h5,7-10,15-17H,4,6,11-14H2,1-3H3,(H,29,31,32). The van der Waals surface area contributed by atoms with Crippen molar-refractivity contribution < 1.29 is 23.7 Å². The van der Waals surface area contributed by atoms with Crippen molar-refractivity contribution in [2.75, 3.05) is 38.9 Å². The van der Waals surface area contributed by atoms with E-state index in [1.807, 2.05) is 44.2 Å². The van der Waals surface area contributed by atoms with Crippen molar-refractivity contribution in [2.45, 2.75) is 26.7 Å². The minimum Gasteiger partial charge on any atom is -0.493 e. The first-order valence-electron chi connectivity index (χ1n) is 11.9. The van der Waals surface area contributed by atoms with Gasteiger partial charge in [0.1, 0.15) is 35.6 Å². The molecule has 37 heavy (non-hydrogen) atoms. The highest BCUT2D eigenvalue weighted by atomic mass is 32.1. The molecule has 0 radical (unpaired) electrons. The number of ether oxygens (including phenoxy) is 4. The molecule has 9 nitrogen and oxygen atoms in total. The summed E-state index contributed by atoms with van der Waals surface area (Å²) in [4.78, 5) is 12.5. The largest absolute Gasteiger partial charge is 0.493 e. The summed E-state index contributed by atoms with van der Waals surface area (Å²) in [7, 11) is 1.52. The Balaban J connectivity index is 1.48. The fourth-order valence-electron chi connectivity index (χ4n) is 3.23. The minimum atomic E-state index is -0.551. The number of aryl methyl sites for hydroxylation is 2. The Morgan fingerprint density at radius 2 is 1.89 bits per heavy atom. The number of amides is 1. The zero-order chi connectivity index (χ0) is 26.5. The molecule has 0 bridgehead atoms. The molecule has 1 N–H and O–H groups in total. The summed E-state index contributed by atoms with van der Waals surface area (Å²) in [6, 6.07) is 14.9. The van der Waals surface area contributed by atoms with Crippen LogP contribution in [-0.4, -0.2) is 49.6 Å². The second kappa shape index (κ2) is 14.6. The summed E-state index contributed by atoms with van der Waals surface area (Å²) in [6.45, 7) is 5.64. The van der Waals surface area contributed by atoms with E-state index in [0.717, 1.165) is 29.2 Å². The number of nitriles is 1. The number of hydrogen-bond donors (Lipinski definition) is 1. The number of carbonyl (C=O) groups excluding carboxylic acids is 1. The van der Waals surface area contributed by atoms with Crippen LogP contribution >= 0.6 is 11.3 Å². The van der Waals surface area contributed by atoms with E-state index >= 15 is 0 Å². The number of nitrogens with one attached hydrogen (secondary N) is 1. The SMILES string of the molecule is CCCc1nnc(NC(=O)C(C#N)=Cc2ccc(OCCOCCOc3cccc(C)c3)c(OC)c2)s1. The molecular weight excluding hydrogens is 492 g/mol. The van der Waals surface area contributed by atoms with Gasteiger partial charge in [-0.3, -0.25) is 10.1 Å². The van der Waals surface area contributed by atoms with Crippen LogP contribution < -0.4 is 19.5 Å². The van der Waals surface area contributed by atoms with Gasteiger partial charge in [0.2, 0.25) is 5.13 Å². The summed E-state index contributed by atoms with van der Waals surface area (Å²) in [6.07, 6.45) is 3.20. The van der Waals surface area contributed by atoms with Gasteiger partial charge in [0.15, 0.2) is 11.5 Å². The number of nitrogens with zero attached hydrogens (tertiary/aromatic N) is 3. The molecule has 0 fully saturated rings. The van der Waals surface area contributed by atoms with Crippen LogP contribution in [0, 0.1) is 18.3 Å². The summed E-state index contributed by atoms with van der Waals surface area (Å²) >= 11 is 1.30. The maximum absolute atomic E-state index is 12.5. The first kappa shape index (κ1) is 27.6. The molecule has 3 rings (SSSR count). The molecule has 2 aromatic carbocycles. The van der Waals surface area contributed by atoms with E-state index < -0.39 is 5.91 Å². The molecule has 0 atom stereocenters. The van der Waals surface area contributed by atoms with Gasteiger partial charge in [-0.25, -0.2) is 0 Å². The van der Waals surface area contributed by atoms with Crippen molar-refractivity contribution in [3.05, 3.63) is 64.2 Å². The molecular formula is C27H30N4O5S. The molecule has 194 valence electrons. The highest BCUT2D eigenvalue weighted by Crippen LogP contribution is 2.29. The van der Waals surface area contributed by atoms with E-state index in [1.54, 1.807) is 18.2 Å². The molecule has 1 aromatic heterocycles. The van der Waals surface area contributed by atoms with Crippen molar-refractivity contribution in [3.63, 3.8) is 0 Å². The number of rotatable bonds is 14. The number of hydrogen-bond acceptors (Lipinski definition) is 9. The van der Waals surface area contributed by atoms with E-state index in [1.165, 1.54) is 24.5 Å². The van der Waals surface area contributed by atoms with Crippen LogP contribution in [0.15, 0.2) is 48.0 Å². The Labute approximate surface area is 220 Å². The van der Waals surface area contributed by atoms with E-state index in [0.29, 0.717) is 48.6 Å². The Kier molecular flexibility index (Phi) is 10.9. The highest BCUT2D eigenvalue weighted by molar-refractivity contribution is 7.15. The van der Waals surface area contributed by atoms with E-state index in [4.69, 9.17) is 18.9 Å². The van der Waals surface area contributed by atoms with Crippen LogP contribution in [0.4, 0.5) is 5.13 Å². The molecule has 0 saturated heterocycles.